The third-order valence-electron chi connectivity index (χ3n) is 3.51. The van der Waals surface area contributed by atoms with Gasteiger partial charge >= 0.3 is 0 Å². The fraction of sp³-hybridized carbons (Fsp3) is 0.143. The fourth-order valence-corrected chi connectivity index (χ4v) is 2.45. The molecule has 0 aromatic heterocycles. The summed E-state index contributed by atoms with van der Waals surface area (Å²) in [5.74, 6) is 12.7. The van der Waals surface area contributed by atoms with Gasteiger partial charge in [0, 0.05) is 38.7 Å². The second-order valence-corrected chi connectivity index (χ2v) is 6.15. The Hall–Kier alpha value is -2.16. The molecule has 1 aliphatic heterocycles. The van der Waals surface area contributed by atoms with Gasteiger partial charge in [0.25, 0.3) is 0 Å². The maximum Gasteiger partial charge on any atom is 0.0804 e. The number of ether oxygens (including phenoxy) is 1. The van der Waals surface area contributed by atoms with E-state index in [0.29, 0.717) is 23.3 Å². The highest BCUT2D eigenvalue weighted by molar-refractivity contribution is 6.30. The van der Waals surface area contributed by atoms with Crippen LogP contribution in [0.25, 0.3) is 0 Å². The van der Waals surface area contributed by atoms with E-state index < -0.39 is 0 Å². The summed E-state index contributed by atoms with van der Waals surface area (Å²) in [5.41, 5.74) is 3.83. The molecule has 118 valence electrons. The summed E-state index contributed by atoms with van der Waals surface area (Å²) in [5, 5.41) is 1.41. The van der Waals surface area contributed by atoms with Crippen molar-refractivity contribution >= 4 is 23.2 Å². The van der Waals surface area contributed by atoms with Crippen LogP contribution in [0.3, 0.4) is 0 Å². The largest absolute Gasteiger partial charge is 0.376 e. The summed E-state index contributed by atoms with van der Waals surface area (Å²) in [6, 6.07) is 15.0. The van der Waals surface area contributed by atoms with Crippen LogP contribution in [0.1, 0.15) is 17.5 Å². The molecule has 1 heterocycles. The molecule has 0 saturated carbocycles. The van der Waals surface area contributed by atoms with E-state index in [0.717, 1.165) is 28.7 Å². The zero-order chi connectivity index (χ0) is 16.8. The quantitative estimate of drug-likeness (QED) is 0.598. The standard InChI is InChI=1S/C21H14Cl2O/c22-20-9-3-16(4-10-20)1-7-18-13-14-24-15-19(18)8-2-17-5-11-21(23)12-6-17/h3-6,9-12H,13-15H2. The van der Waals surface area contributed by atoms with Gasteiger partial charge in [0.15, 0.2) is 0 Å². The van der Waals surface area contributed by atoms with Gasteiger partial charge in [-0.3, -0.25) is 0 Å². The Morgan fingerprint density at radius 3 is 1.71 bits per heavy atom. The molecule has 3 heteroatoms. The second-order valence-electron chi connectivity index (χ2n) is 5.27. The van der Waals surface area contributed by atoms with Gasteiger partial charge < -0.3 is 4.74 Å². The molecule has 0 spiro atoms. The van der Waals surface area contributed by atoms with Gasteiger partial charge in [-0.25, -0.2) is 0 Å². The lowest BCUT2D eigenvalue weighted by Crippen LogP contribution is -2.09. The first-order valence-corrected chi connectivity index (χ1v) is 8.31. The lowest BCUT2D eigenvalue weighted by molar-refractivity contribution is 0.151. The molecule has 0 aliphatic carbocycles. The smallest absolute Gasteiger partial charge is 0.0804 e. The molecular weight excluding hydrogens is 339 g/mol. The van der Waals surface area contributed by atoms with Crippen molar-refractivity contribution in [1.82, 2.24) is 0 Å². The third kappa shape index (κ3) is 4.67. The number of benzene rings is 2. The minimum atomic E-state index is 0.505. The van der Waals surface area contributed by atoms with Crippen molar-refractivity contribution in [3.05, 3.63) is 80.8 Å². The minimum absolute atomic E-state index is 0.505. The first kappa shape index (κ1) is 16.7. The summed E-state index contributed by atoms with van der Waals surface area (Å²) in [6.45, 7) is 1.18. The molecule has 0 atom stereocenters. The predicted molar refractivity (Wildman–Crippen MR) is 99.1 cm³/mol. The van der Waals surface area contributed by atoms with E-state index in [2.05, 4.69) is 23.7 Å². The zero-order valence-corrected chi connectivity index (χ0v) is 14.4. The Kier molecular flexibility index (Phi) is 5.63. The molecule has 1 aliphatic rings. The fourth-order valence-electron chi connectivity index (χ4n) is 2.20. The topological polar surface area (TPSA) is 9.23 Å². The van der Waals surface area contributed by atoms with Crippen LogP contribution in [0.15, 0.2) is 59.7 Å². The molecule has 0 N–H and O–H groups in total. The SMILES string of the molecule is Clc1ccc(C#CC2=C(C#Cc3ccc(Cl)cc3)COCC2)cc1. The maximum atomic E-state index is 5.89. The van der Waals surface area contributed by atoms with E-state index in [9.17, 15) is 0 Å². The third-order valence-corrected chi connectivity index (χ3v) is 4.01. The maximum absolute atomic E-state index is 5.89. The van der Waals surface area contributed by atoms with Crippen LogP contribution in [-0.4, -0.2) is 13.2 Å². The average molecular weight is 353 g/mol. The Morgan fingerprint density at radius 1 is 0.667 bits per heavy atom. The van der Waals surface area contributed by atoms with Crippen LogP contribution in [0.2, 0.25) is 10.0 Å². The highest BCUT2D eigenvalue weighted by Gasteiger charge is 2.09. The molecule has 0 bridgehead atoms. The van der Waals surface area contributed by atoms with Crippen molar-refractivity contribution in [2.24, 2.45) is 0 Å². The number of hydrogen-bond donors (Lipinski definition) is 0. The summed E-state index contributed by atoms with van der Waals surface area (Å²) in [7, 11) is 0. The van der Waals surface area contributed by atoms with Crippen molar-refractivity contribution in [3.8, 4) is 23.7 Å². The molecule has 2 aromatic carbocycles. The van der Waals surface area contributed by atoms with Crippen LogP contribution < -0.4 is 0 Å². The summed E-state index contributed by atoms with van der Waals surface area (Å²) < 4.78 is 5.52. The Balaban J connectivity index is 1.86. The van der Waals surface area contributed by atoms with Gasteiger partial charge in [-0.2, -0.15) is 0 Å². The second kappa shape index (κ2) is 8.09. The molecule has 0 unspecified atom stereocenters. The molecule has 0 saturated heterocycles. The van der Waals surface area contributed by atoms with Gasteiger partial charge in [0.05, 0.1) is 13.2 Å². The molecule has 1 nitrogen and oxygen atoms in total. The number of halogens is 2. The van der Waals surface area contributed by atoms with Crippen molar-refractivity contribution in [2.75, 3.05) is 13.2 Å². The first-order chi connectivity index (χ1) is 11.7. The van der Waals surface area contributed by atoms with E-state index in [4.69, 9.17) is 27.9 Å². The molecule has 3 rings (SSSR count). The van der Waals surface area contributed by atoms with E-state index >= 15 is 0 Å². The van der Waals surface area contributed by atoms with Gasteiger partial charge in [0.1, 0.15) is 0 Å². The Labute approximate surface area is 152 Å². The van der Waals surface area contributed by atoms with Crippen LogP contribution in [0.5, 0.6) is 0 Å². The van der Waals surface area contributed by atoms with Gasteiger partial charge in [-0.15, -0.1) is 0 Å². The van der Waals surface area contributed by atoms with Gasteiger partial charge in [0.2, 0.25) is 0 Å². The lowest BCUT2D eigenvalue weighted by atomic mass is 10.0. The molecule has 24 heavy (non-hydrogen) atoms. The molecule has 0 amide bonds. The van der Waals surface area contributed by atoms with Crippen LogP contribution in [0.4, 0.5) is 0 Å². The van der Waals surface area contributed by atoms with Crippen molar-refractivity contribution in [3.63, 3.8) is 0 Å². The van der Waals surface area contributed by atoms with E-state index in [-0.39, 0.29) is 0 Å². The average Bonchev–Trinajstić information content (AvgIpc) is 2.61. The van der Waals surface area contributed by atoms with Crippen molar-refractivity contribution in [1.29, 1.82) is 0 Å². The zero-order valence-electron chi connectivity index (χ0n) is 12.9. The highest BCUT2D eigenvalue weighted by atomic mass is 35.5. The predicted octanol–water partition coefficient (Wildman–Crippen LogP) is 5.11. The molecule has 0 radical (unpaired) electrons. The van der Waals surface area contributed by atoms with E-state index in [1.54, 1.807) is 0 Å². The number of rotatable bonds is 0. The van der Waals surface area contributed by atoms with Crippen LogP contribution in [-0.2, 0) is 4.74 Å². The summed E-state index contributed by atoms with van der Waals surface area (Å²) in [6.07, 6.45) is 0.783. The van der Waals surface area contributed by atoms with E-state index in [1.807, 2.05) is 48.5 Å². The normalized spacial score (nSPS) is 13.6. The lowest BCUT2D eigenvalue weighted by Gasteiger charge is -2.13. The summed E-state index contributed by atoms with van der Waals surface area (Å²) >= 11 is 11.8. The Morgan fingerprint density at radius 2 is 1.17 bits per heavy atom. The van der Waals surface area contributed by atoms with Gasteiger partial charge in [-0.1, -0.05) is 46.9 Å². The molecule has 0 fully saturated rings. The summed E-state index contributed by atoms with van der Waals surface area (Å²) in [4.78, 5) is 0. The molecule has 2 aromatic rings. The molecular formula is C21H14Cl2O. The van der Waals surface area contributed by atoms with Gasteiger partial charge in [-0.05, 0) is 48.5 Å². The highest BCUT2D eigenvalue weighted by Crippen LogP contribution is 2.16. The minimum Gasteiger partial charge on any atom is -0.376 e. The first-order valence-electron chi connectivity index (χ1n) is 7.56. The van der Waals surface area contributed by atoms with Crippen LogP contribution in [0, 0.1) is 23.7 Å². The van der Waals surface area contributed by atoms with E-state index in [1.165, 1.54) is 0 Å². The monoisotopic (exact) mass is 352 g/mol. The Bertz CT molecular complexity index is 794. The van der Waals surface area contributed by atoms with Crippen molar-refractivity contribution < 1.29 is 4.74 Å². The van der Waals surface area contributed by atoms with Crippen molar-refractivity contribution in [2.45, 2.75) is 6.42 Å². The van der Waals surface area contributed by atoms with Crippen LogP contribution >= 0.6 is 23.2 Å². The number of hydrogen-bond acceptors (Lipinski definition) is 1.